The number of hydrogen-bond donors (Lipinski definition) is 5. The van der Waals surface area contributed by atoms with E-state index in [0.29, 0.717) is 17.7 Å². The minimum atomic E-state index is -1.22. The van der Waals surface area contributed by atoms with Gasteiger partial charge in [0, 0.05) is 24.1 Å². The molecule has 194 valence electrons. The van der Waals surface area contributed by atoms with Crippen molar-refractivity contribution in [2.24, 2.45) is 16.6 Å². The van der Waals surface area contributed by atoms with Gasteiger partial charge in [-0.2, -0.15) is 5.26 Å². The van der Waals surface area contributed by atoms with Crippen LogP contribution in [0.25, 0.3) is 0 Å². The number of amides is 2. The van der Waals surface area contributed by atoms with Gasteiger partial charge in [0.25, 0.3) is 5.91 Å². The second kappa shape index (κ2) is 12.9. The fourth-order valence-electron chi connectivity index (χ4n) is 4.20. The predicted octanol–water partition coefficient (Wildman–Crippen LogP) is 3.30. The molecule has 3 atom stereocenters. The van der Waals surface area contributed by atoms with E-state index < -0.39 is 17.9 Å². The number of halogens is 2. The van der Waals surface area contributed by atoms with Crippen LogP contribution in [-0.4, -0.2) is 40.9 Å². The minimum absolute atomic E-state index is 0.00957. The predicted molar refractivity (Wildman–Crippen MR) is 140 cm³/mol. The van der Waals surface area contributed by atoms with E-state index in [1.807, 2.05) is 0 Å². The van der Waals surface area contributed by atoms with Gasteiger partial charge >= 0.3 is 5.97 Å². The van der Waals surface area contributed by atoms with Crippen LogP contribution in [-0.2, 0) is 16.0 Å². The van der Waals surface area contributed by atoms with Crippen molar-refractivity contribution >= 4 is 52.6 Å². The zero-order valence-electron chi connectivity index (χ0n) is 19.7. The Morgan fingerprint density at radius 1 is 1.14 bits per heavy atom. The maximum Gasteiger partial charge on any atom is 0.326 e. The number of carbonyl (C=O) groups is 3. The molecule has 0 heterocycles. The van der Waals surface area contributed by atoms with Crippen LogP contribution >= 0.6 is 23.2 Å². The lowest BCUT2D eigenvalue weighted by molar-refractivity contribution is -0.139. The Kier molecular flexibility index (Phi) is 9.71. The second-order valence-corrected chi connectivity index (χ2v) is 9.47. The van der Waals surface area contributed by atoms with Crippen molar-refractivity contribution in [1.29, 1.82) is 5.26 Å². The molecule has 0 bridgehead atoms. The molecule has 0 unspecified atom stereocenters. The van der Waals surface area contributed by atoms with E-state index in [2.05, 4.69) is 20.9 Å². The van der Waals surface area contributed by atoms with Gasteiger partial charge in [-0.25, -0.2) is 4.79 Å². The number of carbonyl (C=O) groups excluding carboxylic acids is 2. The van der Waals surface area contributed by atoms with E-state index in [1.165, 1.54) is 12.1 Å². The van der Waals surface area contributed by atoms with Crippen LogP contribution in [0.5, 0.6) is 0 Å². The highest BCUT2D eigenvalue weighted by molar-refractivity contribution is 6.39. The fraction of sp³-hybridized carbons (Fsp3) is 0.320. The summed E-state index contributed by atoms with van der Waals surface area (Å²) in [6.45, 7) is 0. The molecule has 1 aliphatic carbocycles. The summed E-state index contributed by atoms with van der Waals surface area (Å²) in [5, 5.41) is 26.8. The number of rotatable bonds is 8. The van der Waals surface area contributed by atoms with Crippen LogP contribution in [0.15, 0.2) is 47.5 Å². The fourth-order valence-corrected chi connectivity index (χ4v) is 4.77. The zero-order chi connectivity index (χ0) is 26.9. The Balaban J connectivity index is 1.59. The summed E-state index contributed by atoms with van der Waals surface area (Å²) in [5.41, 5.74) is 6.86. The van der Waals surface area contributed by atoms with Crippen molar-refractivity contribution in [3.63, 3.8) is 0 Å². The smallest absolute Gasteiger partial charge is 0.326 e. The van der Waals surface area contributed by atoms with E-state index in [-0.39, 0.29) is 45.9 Å². The molecule has 10 nitrogen and oxygen atoms in total. The number of hydrogen-bond acceptors (Lipinski definition) is 5. The minimum Gasteiger partial charge on any atom is -0.480 e. The number of carboxylic acids is 1. The Labute approximate surface area is 223 Å². The van der Waals surface area contributed by atoms with Crippen LogP contribution in [0.1, 0.15) is 41.6 Å². The first-order valence-corrected chi connectivity index (χ1v) is 12.3. The molecule has 0 spiro atoms. The highest BCUT2D eigenvalue weighted by Gasteiger charge is 2.28. The standard InChI is InChI=1S/C25H26Cl2N6O4/c26-18-5-2-6-19(27)21(18)23(35)33-20(24(36)37)11-14-7-9-16(10-8-14)31-22(34)15-3-1-4-17(12-15)32-25(29)30-13-28/h2,5-10,15,17,20H,1,3-4,11-12H2,(H,31,34)(H,33,35)(H,36,37)(H3,29,30,32)/t15-,17-,20-/m0/s1. The average Bonchev–Trinajstić information content (AvgIpc) is 2.85. The van der Waals surface area contributed by atoms with Gasteiger partial charge in [0.05, 0.1) is 15.6 Å². The summed E-state index contributed by atoms with van der Waals surface area (Å²) in [5.74, 6) is -2.23. The number of nitrogens with two attached hydrogens (primary N) is 1. The van der Waals surface area contributed by atoms with Crippen molar-refractivity contribution in [3.05, 3.63) is 63.6 Å². The van der Waals surface area contributed by atoms with Gasteiger partial charge < -0.3 is 26.8 Å². The molecule has 2 aromatic rings. The molecule has 1 aliphatic rings. The van der Waals surface area contributed by atoms with Crippen molar-refractivity contribution < 1.29 is 19.5 Å². The number of anilines is 1. The first-order chi connectivity index (χ1) is 17.7. The lowest BCUT2D eigenvalue weighted by Crippen LogP contribution is -2.44. The van der Waals surface area contributed by atoms with Crippen LogP contribution in [0.2, 0.25) is 10.0 Å². The van der Waals surface area contributed by atoms with Gasteiger partial charge in [0.2, 0.25) is 18.1 Å². The quantitative estimate of drug-likeness (QED) is 0.193. The normalized spacial score (nSPS) is 18.2. The lowest BCUT2D eigenvalue weighted by atomic mass is 9.85. The molecular weight excluding hydrogens is 519 g/mol. The number of benzene rings is 2. The number of nitrogens with zero attached hydrogens (tertiary/aromatic N) is 2. The molecule has 3 rings (SSSR count). The maximum atomic E-state index is 12.8. The molecule has 37 heavy (non-hydrogen) atoms. The van der Waals surface area contributed by atoms with Crippen LogP contribution in [0.4, 0.5) is 5.69 Å². The molecule has 6 N–H and O–H groups in total. The summed E-state index contributed by atoms with van der Waals surface area (Å²) in [4.78, 5) is 40.6. The monoisotopic (exact) mass is 544 g/mol. The van der Waals surface area contributed by atoms with Gasteiger partial charge in [0.1, 0.15) is 6.04 Å². The summed E-state index contributed by atoms with van der Waals surface area (Å²) >= 11 is 12.1. The third-order valence-electron chi connectivity index (χ3n) is 6.02. The number of guanidine groups is 1. The molecule has 2 aromatic carbocycles. The average molecular weight is 545 g/mol. The Morgan fingerprint density at radius 2 is 1.81 bits per heavy atom. The summed E-state index contributed by atoms with van der Waals surface area (Å²) in [7, 11) is 0. The summed E-state index contributed by atoms with van der Waals surface area (Å²) in [6, 6.07) is 10.0. The first kappa shape index (κ1) is 27.8. The molecule has 0 saturated heterocycles. The topological polar surface area (TPSA) is 170 Å². The molecule has 0 aliphatic heterocycles. The van der Waals surface area contributed by atoms with Gasteiger partial charge in [-0.05, 0) is 49.1 Å². The Morgan fingerprint density at radius 3 is 2.43 bits per heavy atom. The molecule has 0 radical (unpaired) electrons. The number of aliphatic carboxylic acids is 1. The van der Waals surface area contributed by atoms with E-state index >= 15 is 0 Å². The molecule has 2 amide bonds. The van der Waals surface area contributed by atoms with Gasteiger partial charge in [0.15, 0.2) is 0 Å². The highest BCUT2D eigenvalue weighted by atomic mass is 35.5. The Bertz CT molecular complexity index is 1210. The van der Waals surface area contributed by atoms with Crippen molar-refractivity contribution in [2.75, 3.05) is 5.32 Å². The molecule has 1 saturated carbocycles. The van der Waals surface area contributed by atoms with Crippen LogP contribution in [0.3, 0.4) is 0 Å². The summed E-state index contributed by atoms with van der Waals surface area (Å²) < 4.78 is 0. The highest BCUT2D eigenvalue weighted by Crippen LogP contribution is 2.26. The van der Waals surface area contributed by atoms with Gasteiger partial charge in [-0.15, -0.1) is 4.99 Å². The summed E-state index contributed by atoms with van der Waals surface area (Å²) in [6.07, 6.45) is 4.58. The van der Waals surface area contributed by atoms with Crippen molar-refractivity contribution in [1.82, 2.24) is 10.6 Å². The molecule has 12 heteroatoms. The third-order valence-corrected chi connectivity index (χ3v) is 6.65. The van der Waals surface area contributed by atoms with E-state index in [0.717, 1.165) is 19.3 Å². The van der Waals surface area contributed by atoms with Crippen molar-refractivity contribution in [2.45, 2.75) is 44.2 Å². The van der Waals surface area contributed by atoms with E-state index in [4.69, 9.17) is 34.2 Å². The number of nitriles is 1. The number of aliphatic imine (C=N–C) groups is 1. The lowest BCUT2D eigenvalue weighted by Gasteiger charge is -2.29. The molecule has 0 aromatic heterocycles. The second-order valence-electron chi connectivity index (χ2n) is 8.65. The zero-order valence-corrected chi connectivity index (χ0v) is 21.2. The van der Waals surface area contributed by atoms with Gasteiger partial charge in [-0.3, -0.25) is 9.59 Å². The van der Waals surface area contributed by atoms with E-state index in [1.54, 1.807) is 36.5 Å². The third kappa shape index (κ3) is 7.84. The van der Waals surface area contributed by atoms with Gasteiger partial charge in [-0.1, -0.05) is 47.8 Å². The first-order valence-electron chi connectivity index (χ1n) is 11.5. The van der Waals surface area contributed by atoms with Crippen LogP contribution in [0, 0.1) is 17.4 Å². The number of nitrogens with one attached hydrogen (secondary N) is 3. The molecular formula is C25H26Cl2N6O4. The van der Waals surface area contributed by atoms with Crippen molar-refractivity contribution in [3.8, 4) is 6.19 Å². The number of carboxylic acid groups (broad SMARTS) is 1. The van der Waals surface area contributed by atoms with E-state index in [9.17, 15) is 19.5 Å². The largest absolute Gasteiger partial charge is 0.480 e. The Hall–Kier alpha value is -3.81. The maximum absolute atomic E-state index is 12.8. The van der Waals surface area contributed by atoms with Crippen LogP contribution < -0.4 is 21.7 Å². The SMILES string of the molecule is N#C/N=C(\N)N[C@H]1CCC[C@H](C(=O)Nc2ccc(C[C@H](NC(=O)c3c(Cl)cccc3Cl)C(=O)O)cc2)C1. The molecule has 1 fully saturated rings.